The highest BCUT2D eigenvalue weighted by molar-refractivity contribution is 5.69. The number of benzene rings is 1. The van der Waals surface area contributed by atoms with Crippen LogP contribution in [0.1, 0.15) is 46.6 Å². The molecule has 1 saturated heterocycles. The number of nitrogens with zero attached hydrogens (tertiary/aromatic N) is 2. The molecule has 0 N–H and O–H groups in total. The molecule has 2 atom stereocenters. The lowest BCUT2D eigenvalue weighted by molar-refractivity contribution is 0.0663. The summed E-state index contributed by atoms with van der Waals surface area (Å²) in [4.78, 5) is 16.4. The van der Waals surface area contributed by atoms with Gasteiger partial charge in [-0.1, -0.05) is 38.5 Å². The van der Waals surface area contributed by atoms with Crippen molar-refractivity contribution in [1.82, 2.24) is 4.90 Å². The minimum Gasteiger partial charge on any atom is -0.449 e. The molecule has 1 fully saturated rings. The van der Waals surface area contributed by atoms with E-state index in [0.717, 1.165) is 19.5 Å². The molecule has 2 unspecified atom stereocenters. The first-order valence-electron chi connectivity index (χ1n) is 8.79. The van der Waals surface area contributed by atoms with Crippen LogP contribution in [0.3, 0.4) is 0 Å². The quantitative estimate of drug-likeness (QED) is 0.824. The predicted molar refractivity (Wildman–Crippen MR) is 97.1 cm³/mol. The van der Waals surface area contributed by atoms with Gasteiger partial charge in [0.1, 0.15) is 0 Å². The molecule has 4 nitrogen and oxygen atoms in total. The molecule has 1 aromatic rings. The molecule has 130 valence electrons. The predicted octanol–water partition coefficient (Wildman–Crippen LogP) is 4.47. The molecule has 1 heterocycles. The zero-order chi connectivity index (χ0) is 17.4. The topological polar surface area (TPSA) is 32.8 Å². The third-order valence-electron chi connectivity index (χ3n) is 3.96. The molecule has 4 heteroatoms. The fourth-order valence-electron chi connectivity index (χ4n) is 2.91. The second-order valence-corrected chi connectivity index (χ2v) is 5.96. The second-order valence-electron chi connectivity index (χ2n) is 5.96. The van der Waals surface area contributed by atoms with Gasteiger partial charge in [-0.05, 0) is 39.3 Å². The van der Waals surface area contributed by atoms with Crippen LogP contribution >= 0.6 is 0 Å². The number of ether oxygens (including phenoxy) is 1. The zero-order valence-electron chi connectivity index (χ0n) is 15.5. The van der Waals surface area contributed by atoms with E-state index in [0.29, 0.717) is 6.61 Å². The fourth-order valence-corrected chi connectivity index (χ4v) is 2.91. The van der Waals surface area contributed by atoms with Crippen LogP contribution in [-0.2, 0) is 4.74 Å². The molecule has 0 spiro atoms. The summed E-state index contributed by atoms with van der Waals surface area (Å²) >= 11 is 0. The van der Waals surface area contributed by atoms with Crippen molar-refractivity contribution in [1.29, 1.82) is 0 Å². The van der Waals surface area contributed by atoms with Crippen LogP contribution in [-0.4, -0.2) is 42.8 Å². The number of rotatable bonds is 3. The van der Waals surface area contributed by atoms with Gasteiger partial charge in [-0.3, -0.25) is 4.90 Å². The normalized spacial score (nSPS) is 20.6. The van der Waals surface area contributed by atoms with Crippen LogP contribution in [0.2, 0.25) is 0 Å². The highest BCUT2D eigenvalue weighted by atomic mass is 16.6. The molecule has 0 aromatic heterocycles. The Morgan fingerprint density at radius 3 is 2.13 bits per heavy atom. The van der Waals surface area contributed by atoms with E-state index in [9.17, 15) is 4.79 Å². The van der Waals surface area contributed by atoms with Gasteiger partial charge in [-0.25, -0.2) is 4.79 Å². The van der Waals surface area contributed by atoms with Crippen molar-refractivity contribution in [2.75, 3.05) is 24.6 Å². The molecular weight excluding hydrogens is 288 g/mol. The van der Waals surface area contributed by atoms with E-state index in [2.05, 4.69) is 49.9 Å². The SMILES string of the molecule is CC.CCCOC(=O)N1C(C)CN(c2ccc(C)cc2)CC1C. The van der Waals surface area contributed by atoms with Crippen molar-refractivity contribution in [2.24, 2.45) is 0 Å². The summed E-state index contributed by atoms with van der Waals surface area (Å²) in [5, 5.41) is 0. The summed E-state index contributed by atoms with van der Waals surface area (Å²) in [7, 11) is 0. The number of piperazine rings is 1. The minimum atomic E-state index is -0.180. The molecule has 1 amide bonds. The Hall–Kier alpha value is -1.71. The van der Waals surface area contributed by atoms with Gasteiger partial charge in [0.25, 0.3) is 0 Å². The monoisotopic (exact) mass is 320 g/mol. The molecule has 0 bridgehead atoms. The van der Waals surface area contributed by atoms with E-state index in [-0.39, 0.29) is 18.2 Å². The van der Waals surface area contributed by atoms with E-state index in [1.807, 2.05) is 25.7 Å². The summed E-state index contributed by atoms with van der Waals surface area (Å²) in [6.07, 6.45) is 0.679. The number of aryl methyl sites for hydroxylation is 1. The highest BCUT2D eigenvalue weighted by Crippen LogP contribution is 2.23. The fraction of sp³-hybridized carbons (Fsp3) is 0.632. The van der Waals surface area contributed by atoms with E-state index >= 15 is 0 Å². The molecular formula is C19H32N2O2. The Balaban J connectivity index is 0.00000127. The maximum Gasteiger partial charge on any atom is 0.410 e. The molecule has 0 radical (unpaired) electrons. The Kier molecular flexibility index (Phi) is 7.93. The van der Waals surface area contributed by atoms with Crippen molar-refractivity contribution in [3.8, 4) is 0 Å². The number of carbonyl (C=O) groups is 1. The highest BCUT2D eigenvalue weighted by Gasteiger charge is 2.33. The molecule has 2 rings (SSSR count). The average Bonchev–Trinajstić information content (AvgIpc) is 2.54. The smallest absolute Gasteiger partial charge is 0.410 e. The summed E-state index contributed by atoms with van der Waals surface area (Å²) in [5.74, 6) is 0. The Morgan fingerprint density at radius 1 is 1.13 bits per heavy atom. The standard InChI is InChI=1S/C17H26N2O2.C2H6/c1-5-10-21-17(20)19-14(3)11-18(12-15(19)4)16-8-6-13(2)7-9-16;1-2/h6-9,14-15H,5,10-12H2,1-4H3;1-2H3. The molecule has 1 aliphatic heterocycles. The van der Waals surface area contributed by atoms with Crippen LogP contribution in [0.25, 0.3) is 0 Å². The van der Waals surface area contributed by atoms with Gasteiger partial charge in [0.15, 0.2) is 0 Å². The molecule has 1 aromatic carbocycles. The molecule has 23 heavy (non-hydrogen) atoms. The molecule has 1 aliphatic rings. The molecule has 0 saturated carbocycles. The van der Waals surface area contributed by atoms with Crippen molar-refractivity contribution < 1.29 is 9.53 Å². The number of anilines is 1. The van der Waals surface area contributed by atoms with E-state index in [4.69, 9.17) is 4.74 Å². The lowest BCUT2D eigenvalue weighted by atomic mass is 10.1. The third-order valence-corrected chi connectivity index (χ3v) is 3.96. The van der Waals surface area contributed by atoms with Crippen LogP contribution in [0, 0.1) is 6.92 Å². The lowest BCUT2D eigenvalue weighted by Crippen LogP contribution is -2.58. The van der Waals surface area contributed by atoms with Crippen molar-refractivity contribution >= 4 is 11.8 Å². The van der Waals surface area contributed by atoms with E-state index in [1.54, 1.807) is 0 Å². The Bertz CT molecular complexity index is 461. The van der Waals surface area contributed by atoms with Crippen LogP contribution in [0.4, 0.5) is 10.5 Å². The summed E-state index contributed by atoms with van der Waals surface area (Å²) in [6, 6.07) is 8.87. The van der Waals surface area contributed by atoms with Gasteiger partial charge in [-0.2, -0.15) is 0 Å². The number of hydrogen-bond donors (Lipinski definition) is 0. The first-order valence-corrected chi connectivity index (χ1v) is 8.79. The minimum absolute atomic E-state index is 0.152. The van der Waals surface area contributed by atoms with Crippen molar-refractivity contribution in [2.45, 2.75) is 60.0 Å². The van der Waals surface area contributed by atoms with Gasteiger partial charge in [0.2, 0.25) is 0 Å². The van der Waals surface area contributed by atoms with Gasteiger partial charge in [-0.15, -0.1) is 0 Å². The van der Waals surface area contributed by atoms with Gasteiger partial charge >= 0.3 is 6.09 Å². The zero-order valence-corrected chi connectivity index (χ0v) is 15.5. The first-order chi connectivity index (χ1) is 11.0. The average molecular weight is 320 g/mol. The number of amides is 1. The maximum absolute atomic E-state index is 12.2. The van der Waals surface area contributed by atoms with Crippen LogP contribution in [0.5, 0.6) is 0 Å². The van der Waals surface area contributed by atoms with Crippen molar-refractivity contribution in [3.05, 3.63) is 29.8 Å². The van der Waals surface area contributed by atoms with E-state index < -0.39 is 0 Å². The van der Waals surface area contributed by atoms with E-state index in [1.165, 1.54) is 11.3 Å². The van der Waals surface area contributed by atoms with Gasteiger partial charge < -0.3 is 9.64 Å². The second kappa shape index (κ2) is 9.43. The maximum atomic E-state index is 12.2. The lowest BCUT2D eigenvalue weighted by Gasteiger charge is -2.44. The van der Waals surface area contributed by atoms with Crippen LogP contribution in [0.15, 0.2) is 24.3 Å². The van der Waals surface area contributed by atoms with Crippen LogP contribution < -0.4 is 4.90 Å². The Morgan fingerprint density at radius 2 is 1.65 bits per heavy atom. The van der Waals surface area contributed by atoms with Gasteiger partial charge in [0, 0.05) is 18.8 Å². The summed E-state index contributed by atoms with van der Waals surface area (Å²) < 4.78 is 5.30. The Labute approximate surface area is 141 Å². The number of carbonyl (C=O) groups excluding carboxylic acids is 1. The third kappa shape index (κ3) is 5.15. The largest absolute Gasteiger partial charge is 0.449 e. The number of hydrogen-bond acceptors (Lipinski definition) is 3. The summed E-state index contributed by atoms with van der Waals surface area (Å²) in [6.45, 7) is 14.5. The first kappa shape index (κ1) is 19.3. The summed E-state index contributed by atoms with van der Waals surface area (Å²) in [5.41, 5.74) is 2.49. The molecule has 0 aliphatic carbocycles. The van der Waals surface area contributed by atoms with Crippen molar-refractivity contribution in [3.63, 3.8) is 0 Å². The van der Waals surface area contributed by atoms with Gasteiger partial charge in [0.05, 0.1) is 18.7 Å².